The van der Waals surface area contributed by atoms with Gasteiger partial charge in [0.2, 0.25) is 5.91 Å². The second kappa shape index (κ2) is 6.86. The fourth-order valence-corrected chi connectivity index (χ4v) is 2.93. The number of carbonyl (C=O) groups is 1. The minimum atomic E-state index is -0.0726. The van der Waals surface area contributed by atoms with E-state index in [1.54, 1.807) is 0 Å². The van der Waals surface area contributed by atoms with Crippen molar-refractivity contribution in [3.8, 4) is 0 Å². The number of amides is 1. The highest BCUT2D eigenvalue weighted by molar-refractivity contribution is 5.94. The second-order valence-electron chi connectivity index (χ2n) is 5.51. The first-order chi connectivity index (χ1) is 9.65. The maximum Gasteiger partial charge on any atom is 0.241 e. The van der Waals surface area contributed by atoms with Gasteiger partial charge in [-0.3, -0.25) is 9.69 Å². The van der Waals surface area contributed by atoms with Gasteiger partial charge in [-0.05, 0) is 50.4 Å². The summed E-state index contributed by atoms with van der Waals surface area (Å²) in [6, 6.07) is 8.20. The standard InChI is InChI=1S/C16H25N3O/c1-3-15-5-4-10-19(15)12(2)16(20)18-14-8-6-13(11-17)7-9-14/h6-9,12,15H,3-5,10-11,17H2,1-2H3,(H,18,20). The van der Waals surface area contributed by atoms with Crippen LogP contribution in [0.25, 0.3) is 0 Å². The molecular weight excluding hydrogens is 250 g/mol. The predicted molar refractivity (Wildman–Crippen MR) is 82.4 cm³/mol. The van der Waals surface area contributed by atoms with Gasteiger partial charge in [0.05, 0.1) is 6.04 Å². The van der Waals surface area contributed by atoms with Crippen LogP contribution in [0.2, 0.25) is 0 Å². The van der Waals surface area contributed by atoms with E-state index in [1.165, 1.54) is 12.8 Å². The van der Waals surface area contributed by atoms with Crippen LogP contribution >= 0.6 is 0 Å². The van der Waals surface area contributed by atoms with Crippen LogP contribution in [0.3, 0.4) is 0 Å². The molecule has 2 atom stereocenters. The lowest BCUT2D eigenvalue weighted by Crippen LogP contribution is -2.44. The molecule has 0 radical (unpaired) electrons. The first-order valence-electron chi connectivity index (χ1n) is 7.51. The van der Waals surface area contributed by atoms with Gasteiger partial charge in [0.15, 0.2) is 0 Å². The van der Waals surface area contributed by atoms with Crippen molar-refractivity contribution in [1.82, 2.24) is 4.90 Å². The summed E-state index contributed by atoms with van der Waals surface area (Å²) < 4.78 is 0. The Balaban J connectivity index is 1.96. The Morgan fingerprint density at radius 3 is 2.75 bits per heavy atom. The maximum atomic E-state index is 12.3. The molecule has 0 spiro atoms. The summed E-state index contributed by atoms with van der Waals surface area (Å²) in [5.74, 6) is 0.0749. The van der Waals surface area contributed by atoms with Gasteiger partial charge in [-0.2, -0.15) is 0 Å². The molecule has 0 bridgehead atoms. The van der Waals surface area contributed by atoms with Crippen LogP contribution in [0.4, 0.5) is 5.69 Å². The number of carbonyl (C=O) groups excluding carboxylic acids is 1. The summed E-state index contributed by atoms with van der Waals surface area (Å²) in [4.78, 5) is 14.7. The van der Waals surface area contributed by atoms with Gasteiger partial charge >= 0.3 is 0 Å². The van der Waals surface area contributed by atoms with Crippen molar-refractivity contribution in [2.75, 3.05) is 11.9 Å². The third-order valence-corrected chi connectivity index (χ3v) is 4.23. The Morgan fingerprint density at radius 2 is 2.15 bits per heavy atom. The number of anilines is 1. The van der Waals surface area contributed by atoms with E-state index >= 15 is 0 Å². The average Bonchev–Trinajstić information content (AvgIpc) is 2.95. The van der Waals surface area contributed by atoms with E-state index in [2.05, 4.69) is 17.1 Å². The molecule has 1 fully saturated rings. The minimum Gasteiger partial charge on any atom is -0.326 e. The topological polar surface area (TPSA) is 58.4 Å². The number of rotatable bonds is 5. The summed E-state index contributed by atoms with van der Waals surface area (Å²) in [5, 5.41) is 2.99. The fourth-order valence-electron chi connectivity index (χ4n) is 2.93. The lowest BCUT2D eigenvalue weighted by Gasteiger charge is -2.29. The average molecular weight is 275 g/mol. The third kappa shape index (κ3) is 3.38. The predicted octanol–water partition coefficient (Wildman–Crippen LogP) is 2.35. The molecule has 0 aromatic heterocycles. The number of benzene rings is 1. The molecule has 1 aliphatic heterocycles. The van der Waals surface area contributed by atoms with Crippen molar-refractivity contribution in [3.63, 3.8) is 0 Å². The Labute approximate surface area is 121 Å². The van der Waals surface area contributed by atoms with Gasteiger partial charge in [0.25, 0.3) is 0 Å². The molecule has 2 unspecified atom stereocenters. The number of nitrogens with zero attached hydrogens (tertiary/aromatic N) is 1. The SMILES string of the molecule is CCC1CCCN1C(C)C(=O)Nc1ccc(CN)cc1. The quantitative estimate of drug-likeness (QED) is 0.867. The van der Waals surface area contributed by atoms with Crippen LogP contribution in [0, 0.1) is 0 Å². The van der Waals surface area contributed by atoms with Crippen molar-refractivity contribution < 1.29 is 4.79 Å². The number of hydrogen-bond acceptors (Lipinski definition) is 3. The van der Waals surface area contributed by atoms with Gasteiger partial charge in [0.1, 0.15) is 0 Å². The molecule has 1 aromatic carbocycles. The summed E-state index contributed by atoms with van der Waals surface area (Å²) in [7, 11) is 0. The second-order valence-corrected chi connectivity index (χ2v) is 5.51. The van der Waals surface area contributed by atoms with Crippen LogP contribution in [0.15, 0.2) is 24.3 Å². The van der Waals surface area contributed by atoms with Gasteiger partial charge < -0.3 is 11.1 Å². The molecule has 1 aromatic rings. The van der Waals surface area contributed by atoms with Crippen LogP contribution in [0.5, 0.6) is 0 Å². The molecule has 1 saturated heterocycles. The number of nitrogens with two attached hydrogens (primary N) is 1. The Hall–Kier alpha value is -1.39. The largest absolute Gasteiger partial charge is 0.326 e. The third-order valence-electron chi connectivity index (χ3n) is 4.23. The monoisotopic (exact) mass is 275 g/mol. The normalized spacial score (nSPS) is 20.9. The van der Waals surface area contributed by atoms with E-state index < -0.39 is 0 Å². The zero-order valence-corrected chi connectivity index (χ0v) is 12.4. The van der Waals surface area contributed by atoms with Crippen LogP contribution in [-0.4, -0.2) is 29.4 Å². The molecule has 110 valence electrons. The van der Waals surface area contributed by atoms with Crippen molar-refractivity contribution in [3.05, 3.63) is 29.8 Å². The molecule has 3 N–H and O–H groups in total. The molecule has 4 heteroatoms. The Bertz CT molecular complexity index is 444. The molecule has 1 amide bonds. The van der Waals surface area contributed by atoms with Crippen molar-refractivity contribution >= 4 is 11.6 Å². The highest BCUT2D eigenvalue weighted by atomic mass is 16.2. The first-order valence-corrected chi connectivity index (χ1v) is 7.51. The summed E-state index contributed by atoms with van der Waals surface area (Å²) in [6.45, 7) is 5.74. The number of likely N-dealkylation sites (tertiary alicyclic amines) is 1. The van der Waals surface area contributed by atoms with Gasteiger partial charge in [-0.15, -0.1) is 0 Å². The smallest absolute Gasteiger partial charge is 0.241 e. The van der Waals surface area contributed by atoms with Crippen LogP contribution in [0.1, 0.15) is 38.7 Å². The molecule has 0 saturated carbocycles. The highest BCUT2D eigenvalue weighted by Gasteiger charge is 2.30. The van der Waals surface area contributed by atoms with Crippen LogP contribution < -0.4 is 11.1 Å². The van der Waals surface area contributed by atoms with Crippen molar-refractivity contribution in [1.29, 1.82) is 0 Å². The fraction of sp³-hybridized carbons (Fsp3) is 0.562. The number of hydrogen-bond donors (Lipinski definition) is 2. The van der Waals surface area contributed by atoms with Gasteiger partial charge in [-0.25, -0.2) is 0 Å². The van der Waals surface area contributed by atoms with E-state index in [-0.39, 0.29) is 11.9 Å². The lowest BCUT2D eigenvalue weighted by molar-refractivity contribution is -0.121. The van der Waals surface area contributed by atoms with E-state index in [1.807, 2.05) is 31.2 Å². The Morgan fingerprint density at radius 1 is 1.45 bits per heavy atom. The van der Waals surface area contributed by atoms with E-state index in [9.17, 15) is 4.79 Å². The van der Waals surface area contributed by atoms with E-state index in [4.69, 9.17) is 5.73 Å². The molecule has 1 aliphatic rings. The summed E-state index contributed by atoms with van der Waals surface area (Å²) in [5.41, 5.74) is 7.48. The molecule has 20 heavy (non-hydrogen) atoms. The molecule has 4 nitrogen and oxygen atoms in total. The van der Waals surface area contributed by atoms with E-state index in [0.717, 1.165) is 24.2 Å². The van der Waals surface area contributed by atoms with Gasteiger partial charge in [0, 0.05) is 18.3 Å². The Kier molecular flexibility index (Phi) is 5.15. The summed E-state index contributed by atoms with van der Waals surface area (Å²) in [6.07, 6.45) is 3.52. The zero-order valence-electron chi connectivity index (χ0n) is 12.4. The molecule has 2 rings (SSSR count). The molecular formula is C16H25N3O. The first kappa shape index (κ1) is 15.0. The van der Waals surface area contributed by atoms with Crippen LogP contribution in [-0.2, 0) is 11.3 Å². The lowest BCUT2D eigenvalue weighted by atomic mass is 10.1. The number of nitrogens with one attached hydrogen (secondary N) is 1. The molecule has 0 aliphatic carbocycles. The highest BCUT2D eigenvalue weighted by Crippen LogP contribution is 2.23. The minimum absolute atomic E-state index is 0.0726. The zero-order chi connectivity index (χ0) is 14.5. The van der Waals surface area contributed by atoms with Crippen molar-refractivity contribution in [2.24, 2.45) is 5.73 Å². The van der Waals surface area contributed by atoms with E-state index in [0.29, 0.717) is 12.6 Å². The van der Waals surface area contributed by atoms with Gasteiger partial charge in [-0.1, -0.05) is 19.1 Å². The molecule has 1 heterocycles. The van der Waals surface area contributed by atoms with Crippen molar-refractivity contribution in [2.45, 2.75) is 51.7 Å². The maximum absolute atomic E-state index is 12.3. The summed E-state index contributed by atoms with van der Waals surface area (Å²) >= 11 is 0.